The molecular formula is C13H16N4OS. The van der Waals surface area contributed by atoms with Crippen LogP contribution in [0.25, 0.3) is 11.4 Å². The zero-order valence-electron chi connectivity index (χ0n) is 10.5. The summed E-state index contributed by atoms with van der Waals surface area (Å²) < 4.78 is 3.56. The lowest BCUT2D eigenvalue weighted by molar-refractivity contribution is 0.273. The zero-order valence-corrected chi connectivity index (χ0v) is 11.4. The summed E-state index contributed by atoms with van der Waals surface area (Å²) in [5, 5.41) is 4.43. The third-order valence-electron chi connectivity index (χ3n) is 3.48. The predicted octanol–water partition coefficient (Wildman–Crippen LogP) is 1.72. The SMILES string of the molecule is O=c1[nH]c(-c2ccccc2)nn1C1CCN(S)CC1. The molecule has 0 radical (unpaired) electrons. The van der Waals surface area contributed by atoms with Crippen molar-refractivity contribution < 1.29 is 0 Å². The summed E-state index contributed by atoms with van der Waals surface area (Å²) in [5.74, 6) is 0.638. The Balaban J connectivity index is 1.88. The number of H-pyrrole nitrogens is 1. The van der Waals surface area contributed by atoms with Crippen molar-refractivity contribution in [1.82, 2.24) is 19.1 Å². The molecule has 0 spiro atoms. The number of hydrogen-bond acceptors (Lipinski definition) is 4. The summed E-state index contributed by atoms with van der Waals surface area (Å²) in [6.07, 6.45) is 1.81. The Morgan fingerprint density at radius 3 is 2.58 bits per heavy atom. The number of benzene rings is 1. The van der Waals surface area contributed by atoms with Crippen molar-refractivity contribution >= 4 is 12.8 Å². The van der Waals surface area contributed by atoms with E-state index in [2.05, 4.69) is 22.9 Å². The number of nitrogens with one attached hydrogen (secondary N) is 1. The zero-order chi connectivity index (χ0) is 13.2. The van der Waals surface area contributed by atoms with E-state index in [-0.39, 0.29) is 11.7 Å². The minimum absolute atomic E-state index is 0.128. The molecule has 5 nitrogen and oxygen atoms in total. The molecule has 0 atom stereocenters. The monoisotopic (exact) mass is 276 g/mol. The van der Waals surface area contributed by atoms with Gasteiger partial charge in [0.2, 0.25) is 0 Å². The van der Waals surface area contributed by atoms with E-state index in [1.165, 1.54) is 0 Å². The van der Waals surface area contributed by atoms with Gasteiger partial charge in [0, 0.05) is 18.7 Å². The second-order valence-corrected chi connectivity index (χ2v) is 5.34. The van der Waals surface area contributed by atoms with Gasteiger partial charge in [-0.25, -0.2) is 9.48 Å². The summed E-state index contributed by atoms with van der Waals surface area (Å²) in [7, 11) is 0. The van der Waals surface area contributed by atoms with E-state index in [1.807, 2.05) is 34.6 Å². The normalized spacial score (nSPS) is 17.7. The van der Waals surface area contributed by atoms with Crippen molar-refractivity contribution in [1.29, 1.82) is 0 Å². The first-order chi connectivity index (χ1) is 9.24. The minimum Gasteiger partial charge on any atom is -0.289 e. The van der Waals surface area contributed by atoms with Crippen LogP contribution in [0.3, 0.4) is 0 Å². The number of aromatic amines is 1. The lowest BCUT2D eigenvalue weighted by Crippen LogP contribution is -2.33. The van der Waals surface area contributed by atoms with Crippen molar-refractivity contribution in [2.45, 2.75) is 18.9 Å². The smallest absolute Gasteiger partial charge is 0.289 e. The highest BCUT2D eigenvalue weighted by Crippen LogP contribution is 2.22. The average Bonchev–Trinajstić information content (AvgIpc) is 2.83. The molecule has 0 saturated carbocycles. The average molecular weight is 276 g/mol. The highest BCUT2D eigenvalue weighted by Gasteiger charge is 2.22. The lowest BCUT2D eigenvalue weighted by atomic mass is 10.1. The molecule has 1 aromatic carbocycles. The van der Waals surface area contributed by atoms with E-state index in [1.54, 1.807) is 4.68 Å². The van der Waals surface area contributed by atoms with Crippen LogP contribution in [0.4, 0.5) is 0 Å². The molecular weight excluding hydrogens is 260 g/mol. The molecule has 1 N–H and O–H groups in total. The number of rotatable bonds is 2. The number of thiol groups is 1. The lowest BCUT2D eigenvalue weighted by Gasteiger charge is -2.27. The number of aromatic nitrogens is 3. The molecule has 1 aliphatic rings. The highest BCUT2D eigenvalue weighted by atomic mass is 32.1. The van der Waals surface area contributed by atoms with Gasteiger partial charge in [-0.2, -0.15) is 0 Å². The van der Waals surface area contributed by atoms with Crippen LogP contribution in [-0.4, -0.2) is 32.2 Å². The minimum atomic E-state index is -0.128. The van der Waals surface area contributed by atoms with E-state index in [4.69, 9.17) is 0 Å². The van der Waals surface area contributed by atoms with E-state index in [9.17, 15) is 4.79 Å². The van der Waals surface area contributed by atoms with E-state index in [0.717, 1.165) is 31.5 Å². The fraction of sp³-hybridized carbons (Fsp3) is 0.385. The van der Waals surface area contributed by atoms with Gasteiger partial charge >= 0.3 is 5.69 Å². The van der Waals surface area contributed by atoms with Crippen LogP contribution in [0.5, 0.6) is 0 Å². The number of hydrogen-bond donors (Lipinski definition) is 2. The molecule has 2 heterocycles. The Kier molecular flexibility index (Phi) is 3.44. The van der Waals surface area contributed by atoms with Crippen LogP contribution in [0.2, 0.25) is 0 Å². The summed E-state index contributed by atoms with van der Waals surface area (Å²) >= 11 is 4.32. The third kappa shape index (κ3) is 2.59. The van der Waals surface area contributed by atoms with Gasteiger partial charge < -0.3 is 0 Å². The standard InChI is InChI=1S/C13H16N4OS/c18-13-14-12(10-4-2-1-3-5-10)15-17(13)11-6-8-16(19)9-7-11/h1-5,11,19H,6-9H2,(H,14,15,18). The van der Waals surface area contributed by atoms with Crippen LogP contribution in [-0.2, 0) is 0 Å². The van der Waals surface area contributed by atoms with Gasteiger partial charge in [-0.15, -0.1) is 5.10 Å². The largest absolute Gasteiger partial charge is 0.343 e. The maximum atomic E-state index is 12.0. The maximum absolute atomic E-state index is 12.0. The molecule has 2 aromatic rings. The Labute approximate surface area is 116 Å². The van der Waals surface area contributed by atoms with Crippen molar-refractivity contribution in [3.05, 3.63) is 40.8 Å². The number of piperidine rings is 1. The van der Waals surface area contributed by atoms with Crippen LogP contribution < -0.4 is 5.69 Å². The molecule has 3 rings (SSSR count). The van der Waals surface area contributed by atoms with E-state index >= 15 is 0 Å². The van der Waals surface area contributed by atoms with Crippen molar-refractivity contribution in [3.8, 4) is 11.4 Å². The Morgan fingerprint density at radius 2 is 1.89 bits per heavy atom. The molecule has 6 heteroatoms. The predicted molar refractivity (Wildman–Crippen MR) is 77.1 cm³/mol. The van der Waals surface area contributed by atoms with Crippen LogP contribution in [0, 0.1) is 0 Å². The van der Waals surface area contributed by atoms with Gasteiger partial charge in [0.15, 0.2) is 5.82 Å². The topological polar surface area (TPSA) is 53.9 Å². The number of nitrogens with zero attached hydrogens (tertiary/aromatic N) is 3. The molecule has 100 valence electrons. The first-order valence-electron chi connectivity index (χ1n) is 6.42. The third-order valence-corrected chi connectivity index (χ3v) is 3.88. The summed E-state index contributed by atoms with van der Waals surface area (Å²) in [6, 6.07) is 9.88. The molecule has 19 heavy (non-hydrogen) atoms. The first-order valence-corrected chi connectivity index (χ1v) is 6.82. The fourth-order valence-electron chi connectivity index (χ4n) is 2.41. The first kappa shape index (κ1) is 12.5. The molecule has 1 saturated heterocycles. The van der Waals surface area contributed by atoms with Crippen LogP contribution in [0.1, 0.15) is 18.9 Å². The fourth-order valence-corrected chi connectivity index (χ4v) is 2.64. The van der Waals surface area contributed by atoms with E-state index < -0.39 is 0 Å². The van der Waals surface area contributed by atoms with Gasteiger partial charge in [0.05, 0.1) is 6.04 Å². The molecule has 0 aliphatic carbocycles. The summed E-state index contributed by atoms with van der Waals surface area (Å²) in [6.45, 7) is 1.77. The van der Waals surface area contributed by atoms with Gasteiger partial charge in [0.1, 0.15) is 0 Å². The Morgan fingerprint density at radius 1 is 1.21 bits per heavy atom. The maximum Gasteiger partial charge on any atom is 0.343 e. The molecule has 0 bridgehead atoms. The molecule has 1 aromatic heterocycles. The second kappa shape index (κ2) is 5.22. The molecule has 1 aliphatic heterocycles. The second-order valence-electron chi connectivity index (χ2n) is 4.77. The summed E-state index contributed by atoms with van der Waals surface area (Å²) in [5.41, 5.74) is 0.807. The molecule has 0 unspecified atom stereocenters. The highest BCUT2D eigenvalue weighted by molar-refractivity contribution is 7.77. The molecule has 1 fully saturated rings. The molecule has 0 amide bonds. The van der Waals surface area contributed by atoms with E-state index in [0.29, 0.717) is 5.82 Å². The van der Waals surface area contributed by atoms with Crippen molar-refractivity contribution in [2.24, 2.45) is 0 Å². The van der Waals surface area contributed by atoms with Crippen molar-refractivity contribution in [3.63, 3.8) is 0 Å². The van der Waals surface area contributed by atoms with Gasteiger partial charge in [-0.3, -0.25) is 9.29 Å². The quantitative estimate of drug-likeness (QED) is 0.821. The van der Waals surface area contributed by atoms with Gasteiger partial charge in [0.25, 0.3) is 0 Å². The van der Waals surface area contributed by atoms with Gasteiger partial charge in [-0.05, 0) is 12.8 Å². The Bertz CT molecular complexity index is 599. The van der Waals surface area contributed by atoms with Crippen LogP contribution >= 0.6 is 12.8 Å². The summed E-state index contributed by atoms with van der Waals surface area (Å²) in [4.78, 5) is 14.8. The Hall–Kier alpha value is -1.53. The van der Waals surface area contributed by atoms with Crippen molar-refractivity contribution in [2.75, 3.05) is 13.1 Å². The van der Waals surface area contributed by atoms with Crippen LogP contribution in [0.15, 0.2) is 35.1 Å². The van der Waals surface area contributed by atoms with Gasteiger partial charge in [-0.1, -0.05) is 43.1 Å².